The van der Waals surface area contributed by atoms with Gasteiger partial charge in [-0.1, -0.05) is 13.8 Å². The Bertz CT molecular complexity index is 129. The van der Waals surface area contributed by atoms with Crippen molar-refractivity contribution in [1.82, 2.24) is 0 Å². The van der Waals surface area contributed by atoms with Gasteiger partial charge >= 0.3 is 0 Å². The van der Waals surface area contributed by atoms with Crippen LogP contribution in [0.15, 0.2) is 0 Å². The van der Waals surface area contributed by atoms with E-state index >= 15 is 0 Å². The summed E-state index contributed by atoms with van der Waals surface area (Å²) in [5, 5.41) is 0. The Kier molecular flexibility index (Phi) is 3.46. The molecule has 4 heteroatoms. The van der Waals surface area contributed by atoms with Gasteiger partial charge in [0.25, 0.3) is 0 Å². The summed E-state index contributed by atoms with van der Waals surface area (Å²) in [6, 6.07) is 0. The van der Waals surface area contributed by atoms with Crippen molar-refractivity contribution < 1.29 is 9.47 Å². The van der Waals surface area contributed by atoms with Crippen molar-refractivity contribution in [3.8, 4) is 0 Å². The summed E-state index contributed by atoms with van der Waals surface area (Å²) in [6.45, 7) is 5.06. The first-order chi connectivity index (χ1) is 5.69. The fraction of sp³-hybridized carbons (Fsp3) is 1.00. The highest BCUT2D eigenvalue weighted by Crippen LogP contribution is 2.22. The number of nitrogens with two attached hydrogens (primary N) is 2. The minimum absolute atomic E-state index is 0.0256. The molecule has 0 aliphatic carbocycles. The van der Waals surface area contributed by atoms with Gasteiger partial charge in [-0.2, -0.15) is 0 Å². The van der Waals surface area contributed by atoms with Gasteiger partial charge in [0.15, 0.2) is 6.29 Å². The Morgan fingerprint density at radius 1 is 1.08 bits per heavy atom. The fourth-order valence-corrected chi connectivity index (χ4v) is 1.28. The van der Waals surface area contributed by atoms with Crippen LogP contribution in [0.3, 0.4) is 0 Å². The van der Waals surface area contributed by atoms with E-state index in [1.807, 2.05) is 0 Å². The first-order valence-corrected chi connectivity index (χ1v) is 4.40. The molecule has 0 spiro atoms. The average Bonchev–Trinajstić information content (AvgIpc) is 2.46. The van der Waals surface area contributed by atoms with Gasteiger partial charge in [-0.3, -0.25) is 0 Å². The third kappa shape index (κ3) is 1.95. The minimum atomic E-state index is -0.132. The normalized spacial score (nSPS) is 31.8. The lowest BCUT2D eigenvalue weighted by Gasteiger charge is -2.13. The van der Waals surface area contributed by atoms with Crippen molar-refractivity contribution >= 4 is 0 Å². The molecule has 0 saturated carbocycles. The van der Waals surface area contributed by atoms with Gasteiger partial charge in [-0.25, -0.2) is 0 Å². The minimum Gasteiger partial charge on any atom is -0.345 e. The zero-order chi connectivity index (χ0) is 9.14. The second-order valence-corrected chi connectivity index (χ2v) is 3.43. The third-order valence-electron chi connectivity index (χ3n) is 2.04. The standard InChI is InChI=1S/C8H18N2O2/c1-5(2)8-11-6(3-9)7(4-10)12-8/h5-8H,3-4,9-10H2,1-2H3/t6-,7-/m1/s1/i3+2,4+2. The Hall–Kier alpha value is -0.160. The second-order valence-electron chi connectivity index (χ2n) is 3.43. The lowest BCUT2D eigenvalue weighted by Crippen LogP contribution is -2.35. The molecule has 1 rings (SSSR count). The van der Waals surface area contributed by atoms with E-state index in [1.165, 1.54) is 0 Å². The second kappa shape index (κ2) is 4.18. The van der Waals surface area contributed by atoms with Crippen molar-refractivity contribution in [3.63, 3.8) is 0 Å². The van der Waals surface area contributed by atoms with Crippen LogP contribution in [0.2, 0.25) is 0 Å². The first-order valence-electron chi connectivity index (χ1n) is 4.40. The zero-order valence-electron chi connectivity index (χ0n) is 7.69. The van der Waals surface area contributed by atoms with Crippen LogP contribution in [0, 0.1) is 5.92 Å². The molecule has 1 saturated heterocycles. The molecule has 0 aromatic rings. The molecule has 0 bridgehead atoms. The van der Waals surface area contributed by atoms with Gasteiger partial charge in [-0.15, -0.1) is 0 Å². The number of ether oxygens (including phenoxy) is 2. The summed E-state index contributed by atoms with van der Waals surface area (Å²) < 4.78 is 11.1. The van der Waals surface area contributed by atoms with E-state index in [2.05, 4.69) is 13.8 Å². The van der Waals surface area contributed by atoms with Crippen LogP contribution in [0.25, 0.3) is 0 Å². The van der Waals surface area contributed by atoms with Gasteiger partial charge < -0.3 is 20.9 Å². The SMILES string of the molecule is CC(C)C1O[C@H]([14CH2]N)[C@@H]([14CH2]N)O1. The monoisotopic (exact) mass is 178 g/mol. The number of hydrogen-bond acceptors (Lipinski definition) is 4. The number of hydrogen-bond donors (Lipinski definition) is 2. The summed E-state index contributed by atoms with van der Waals surface area (Å²) >= 11 is 0. The molecule has 1 aliphatic rings. The predicted octanol–water partition coefficient (Wildman–Crippen LogP) is -0.330. The van der Waals surface area contributed by atoms with Gasteiger partial charge in [0.1, 0.15) is 12.2 Å². The molecule has 0 amide bonds. The molecular weight excluding hydrogens is 160 g/mol. The summed E-state index contributed by atoms with van der Waals surface area (Å²) in [7, 11) is 0. The van der Waals surface area contributed by atoms with E-state index in [1.54, 1.807) is 0 Å². The molecule has 0 aromatic heterocycles. The van der Waals surface area contributed by atoms with Crippen LogP contribution in [0.4, 0.5) is 0 Å². The first kappa shape index (κ1) is 9.92. The quantitative estimate of drug-likeness (QED) is 0.621. The van der Waals surface area contributed by atoms with Crippen LogP contribution in [-0.4, -0.2) is 31.6 Å². The lowest BCUT2D eigenvalue weighted by molar-refractivity contribution is -0.0934. The van der Waals surface area contributed by atoms with E-state index in [-0.39, 0.29) is 18.5 Å². The zero-order valence-corrected chi connectivity index (χ0v) is 7.69. The largest absolute Gasteiger partial charge is 0.345 e. The van der Waals surface area contributed by atoms with Crippen LogP contribution in [-0.2, 0) is 9.47 Å². The van der Waals surface area contributed by atoms with Crippen LogP contribution in [0.5, 0.6) is 0 Å². The molecule has 1 fully saturated rings. The maximum Gasteiger partial charge on any atom is 0.160 e. The third-order valence-corrected chi connectivity index (χ3v) is 2.04. The highest BCUT2D eigenvalue weighted by molar-refractivity contribution is 4.79. The van der Waals surface area contributed by atoms with Crippen molar-refractivity contribution in [2.75, 3.05) is 13.1 Å². The molecule has 0 unspecified atom stereocenters. The van der Waals surface area contributed by atoms with E-state index in [0.717, 1.165) is 0 Å². The highest BCUT2D eigenvalue weighted by Gasteiger charge is 2.35. The van der Waals surface area contributed by atoms with Crippen molar-refractivity contribution in [3.05, 3.63) is 0 Å². The molecule has 12 heavy (non-hydrogen) atoms. The van der Waals surface area contributed by atoms with Crippen molar-refractivity contribution in [1.29, 1.82) is 0 Å². The molecule has 0 radical (unpaired) electrons. The Balaban J connectivity index is 2.47. The molecule has 1 heterocycles. The highest BCUT2D eigenvalue weighted by atomic mass is 16.7. The van der Waals surface area contributed by atoms with Gasteiger partial charge in [0, 0.05) is 19.0 Å². The summed E-state index contributed by atoms with van der Waals surface area (Å²) in [4.78, 5) is 0. The maximum atomic E-state index is 5.55. The average molecular weight is 178 g/mol. The van der Waals surface area contributed by atoms with Crippen LogP contribution < -0.4 is 11.5 Å². The van der Waals surface area contributed by atoms with Gasteiger partial charge in [0.2, 0.25) is 0 Å². The number of rotatable bonds is 3. The topological polar surface area (TPSA) is 70.5 Å². The molecule has 0 aromatic carbocycles. The maximum absolute atomic E-state index is 5.55. The van der Waals surface area contributed by atoms with E-state index in [0.29, 0.717) is 19.0 Å². The molecular formula is C8H18N2O2. The van der Waals surface area contributed by atoms with E-state index in [4.69, 9.17) is 20.9 Å². The van der Waals surface area contributed by atoms with E-state index < -0.39 is 0 Å². The lowest BCUT2D eigenvalue weighted by atomic mass is 10.2. The van der Waals surface area contributed by atoms with Crippen LogP contribution >= 0.6 is 0 Å². The van der Waals surface area contributed by atoms with Gasteiger partial charge in [0.05, 0.1) is 0 Å². The summed E-state index contributed by atoms with van der Waals surface area (Å²) in [6.07, 6.45) is -0.183. The predicted molar refractivity (Wildman–Crippen MR) is 46.5 cm³/mol. The molecule has 2 atom stereocenters. The molecule has 4 N–H and O–H groups in total. The van der Waals surface area contributed by atoms with Crippen molar-refractivity contribution in [2.45, 2.75) is 32.3 Å². The summed E-state index contributed by atoms with van der Waals surface area (Å²) in [5.74, 6) is 0.357. The molecule has 1 aliphatic heterocycles. The molecule has 72 valence electrons. The Morgan fingerprint density at radius 2 is 1.50 bits per heavy atom. The smallest absolute Gasteiger partial charge is 0.160 e. The Labute approximate surface area is 73.2 Å². The van der Waals surface area contributed by atoms with E-state index in [9.17, 15) is 0 Å². The van der Waals surface area contributed by atoms with Crippen molar-refractivity contribution in [2.24, 2.45) is 17.4 Å². The van der Waals surface area contributed by atoms with Gasteiger partial charge in [-0.05, 0) is 0 Å². The molecule has 4 nitrogen and oxygen atoms in total. The fourth-order valence-electron chi connectivity index (χ4n) is 1.28. The Morgan fingerprint density at radius 3 is 1.75 bits per heavy atom. The summed E-state index contributed by atoms with van der Waals surface area (Å²) in [5.41, 5.74) is 11.0. The van der Waals surface area contributed by atoms with Crippen LogP contribution in [0.1, 0.15) is 13.8 Å².